The fourth-order valence-electron chi connectivity index (χ4n) is 3.72. The van der Waals surface area contributed by atoms with Crippen molar-refractivity contribution in [2.45, 2.75) is 38.9 Å². The van der Waals surface area contributed by atoms with E-state index in [4.69, 9.17) is 14.2 Å². The molecule has 0 aliphatic carbocycles. The summed E-state index contributed by atoms with van der Waals surface area (Å²) >= 11 is 0. The summed E-state index contributed by atoms with van der Waals surface area (Å²) in [5.74, 6) is 1.69. The summed E-state index contributed by atoms with van der Waals surface area (Å²) < 4.78 is 16.6. The van der Waals surface area contributed by atoms with Crippen LogP contribution >= 0.6 is 0 Å². The SMILES string of the molecule is CCCNc1ccc(C)cc1C(=O)N1CC[C@@H](Oc2ccc(OC)c(OC)c2)[C@H](O)C1. The molecule has 31 heavy (non-hydrogen) atoms. The van der Waals surface area contributed by atoms with Gasteiger partial charge in [0.25, 0.3) is 5.91 Å². The Kier molecular flexibility index (Phi) is 7.63. The molecule has 2 N–H and O–H groups in total. The number of ether oxygens (including phenoxy) is 3. The number of carbonyl (C=O) groups excluding carboxylic acids is 1. The zero-order chi connectivity index (χ0) is 22.4. The number of β-amino-alcohol motifs (C(OH)–C–C–N with tert-alkyl or cyclic N) is 1. The van der Waals surface area contributed by atoms with E-state index in [2.05, 4.69) is 12.2 Å². The molecule has 1 fully saturated rings. The Balaban J connectivity index is 1.68. The van der Waals surface area contributed by atoms with Gasteiger partial charge in [0.1, 0.15) is 18.0 Å². The molecule has 0 unspecified atom stereocenters. The Morgan fingerprint density at radius 2 is 1.94 bits per heavy atom. The molecule has 1 aliphatic rings. The van der Waals surface area contributed by atoms with Crippen molar-refractivity contribution in [3.05, 3.63) is 47.5 Å². The first-order valence-corrected chi connectivity index (χ1v) is 10.7. The molecule has 2 aromatic rings. The largest absolute Gasteiger partial charge is 0.493 e. The van der Waals surface area contributed by atoms with Crippen LogP contribution in [0.15, 0.2) is 36.4 Å². The molecule has 168 valence electrons. The maximum absolute atomic E-state index is 13.2. The summed E-state index contributed by atoms with van der Waals surface area (Å²) in [6.07, 6.45) is 0.309. The number of aliphatic hydroxyl groups excluding tert-OH is 1. The maximum atomic E-state index is 13.2. The summed E-state index contributed by atoms with van der Waals surface area (Å²) in [6.45, 7) is 5.58. The zero-order valence-electron chi connectivity index (χ0n) is 18.7. The lowest BCUT2D eigenvalue weighted by Gasteiger charge is -2.36. The minimum absolute atomic E-state index is 0.0779. The van der Waals surface area contributed by atoms with Gasteiger partial charge >= 0.3 is 0 Å². The van der Waals surface area contributed by atoms with Crippen LogP contribution in [0.2, 0.25) is 0 Å². The summed E-state index contributed by atoms with van der Waals surface area (Å²) in [4.78, 5) is 14.9. The van der Waals surface area contributed by atoms with Crippen molar-refractivity contribution in [2.75, 3.05) is 39.2 Å². The van der Waals surface area contributed by atoms with Crippen molar-refractivity contribution in [2.24, 2.45) is 0 Å². The Labute approximate surface area is 183 Å². The van der Waals surface area contributed by atoms with E-state index in [0.717, 1.165) is 24.2 Å². The van der Waals surface area contributed by atoms with E-state index >= 15 is 0 Å². The monoisotopic (exact) mass is 428 g/mol. The van der Waals surface area contributed by atoms with Crippen LogP contribution in [0.4, 0.5) is 5.69 Å². The van der Waals surface area contributed by atoms with Gasteiger partial charge in [-0.15, -0.1) is 0 Å². The number of anilines is 1. The minimum Gasteiger partial charge on any atom is -0.493 e. The van der Waals surface area contributed by atoms with Crippen LogP contribution in [0, 0.1) is 6.92 Å². The second kappa shape index (κ2) is 10.4. The number of amides is 1. The summed E-state index contributed by atoms with van der Waals surface area (Å²) in [5, 5.41) is 14.0. The van der Waals surface area contributed by atoms with Crippen LogP contribution in [0.25, 0.3) is 0 Å². The predicted molar refractivity (Wildman–Crippen MR) is 120 cm³/mol. The number of aliphatic hydroxyl groups is 1. The Morgan fingerprint density at radius 3 is 2.61 bits per heavy atom. The standard InChI is InChI=1S/C24H32N2O5/c1-5-11-25-19-8-6-16(2)13-18(19)24(28)26-12-10-21(20(27)15-26)31-17-7-9-22(29-3)23(14-17)30-4/h6-9,13-14,20-21,25,27H,5,10-12,15H2,1-4H3/t20-,21-/m1/s1. The molecule has 0 spiro atoms. The number of likely N-dealkylation sites (tertiary alicyclic amines) is 1. The van der Waals surface area contributed by atoms with Crippen LogP contribution in [0.5, 0.6) is 17.2 Å². The molecule has 1 saturated heterocycles. The molecule has 7 heteroatoms. The predicted octanol–water partition coefficient (Wildman–Crippen LogP) is 3.49. The van der Waals surface area contributed by atoms with E-state index in [0.29, 0.717) is 35.8 Å². The second-order valence-electron chi connectivity index (χ2n) is 7.76. The number of benzene rings is 2. The van der Waals surface area contributed by atoms with Crippen molar-refractivity contribution in [3.63, 3.8) is 0 Å². The maximum Gasteiger partial charge on any atom is 0.256 e. The molecule has 0 radical (unpaired) electrons. The number of piperidine rings is 1. The van der Waals surface area contributed by atoms with Gasteiger partial charge in [-0.2, -0.15) is 0 Å². The molecule has 7 nitrogen and oxygen atoms in total. The van der Waals surface area contributed by atoms with Gasteiger partial charge in [0.2, 0.25) is 0 Å². The molecular weight excluding hydrogens is 396 g/mol. The Hall–Kier alpha value is -2.93. The normalized spacial score (nSPS) is 18.4. The van der Waals surface area contributed by atoms with Crippen molar-refractivity contribution < 1.29 is 24.1 Å². The lowest BCUT2D eigenvalue weighted by molar-refractivity contribution is -0.0199. The smallest absolute Gasteiger partial charge is 0.256 e. The molecule has 1 heterocycles. The number of aryl methyl sites for hydroxylation is 1. The number of hydrogen-bond donors (Lipinski definition) is 2. The van der Waals surface area contributed by atoms with E-state index in [1.165, 1.54) is 0 Å². The first-order chi connectivity index (χ1) is 15.0. The summed E-state index contributed by atoms with van der Waals surface area (Å²) in [7, 11) is 3.14. The highest BCUT2D eigenvalue weighted by atomic mass is 16.5. The first kappa shape index (κ1) is 22.7. The molecule has 0 saturated carbocycles. The van der Waals surface area contributed by atoms with E-state index in [1.54, 1.807) is 37.3 Å². The van der Waals surface area contributed by atoms with Crippen LogP contribution in [-0.2, 0) is 0 Å². The van der Waals surface area contributed by atoms with Gasteiger partial charge in [0.15, 0.2) is 11.5 Å². The first-order valence-electron chi connectivity index (χ1n) is 10.7. The number of methoxy groups -OCH3 is 2. The van der Waals surface area contributed by atoms with Gasteiger partial charge in [-0.1, -0.05) is 18.6 Å². The molecule has 1 aliphatic heterocycles. The Morgan fingerprint density at radius 1 is 1.16 bits per heavy atom. The van der Waals surface area contributed by atoms with Crippen LogP contribution in [-0.4, -0.2) is 62.0 Å². The topological polar surface area (TPSA) is 80.3 Å². The third-order valence-corrected chi connectivity index (χ3v) is 5.42. The Bertz CT molecular complexity index is 902. The van der Waals surface area contributed by atoms with Crippen LogP contribution in [0.1, 0.15) is 35.7 Å². The third kappa shape index (κ3) is 5.41. The lowest BCUT2D eigenvalue weighted by atomic mass is 10.0. The van der Waals surface area contributed by atoms with E-state index in [1.807, 2.05) is 25.1 Å². The van der Waals surface area contributed by atoms with Crippen molar-refractivity contribution in [1.29, 1.82) is 0 Å². The highest BCUT2D eigenvalue weighted by molar-refractivity contribution is 6.00. The van der Waals surface area contributed by atoms with Crippen molar-refractivity contribution >= 4 is 11.6 Å². The van der Waals surface area contributed by atoms with E-state index in [-0.39, 0.29) is 12.5 Å². The second-order valence-corrected chi connectivity index (χ2v) is 7.76. The highest BCUT2D eigenvalue weighted by Gasteiger charge is 2.33. The van der Waals surface area contributed by atoms with Gasteiger partial charge < -0.3 is 29.5 Å². The number of hydrogen-bond acceptors (Lipinski definition) is 6. The van der Waals surface area contributed by atoms with Crippen LogP contribution in [0.3, 0.4) is 0 Å². The van der Waals surface area contributed by atoms with Crippen molar-refractivity contribution in [3.8, 4) is 17.2 Å². The van der Waals surface area contributed by atoms with E-state index < -0.39 is 12.2 Å². The highest BCUT2D eigenvalue weighted by Crippen LogP contribution is 2.32. The quantitative estimate of drug-likeness (QED) is 0.670. The number of nitrogens with one attached hydrogen (secondary N) is 1. The van der Waals surface area contributed by atoms with Gasteiger partial charge in [-0.05, 0) is 37.6 Å². The molecule has 2 atom stereocenters. The molecule has 0 bridgehead atoms. The molecule has 1 amide bonds. The third-order valence-electron chi connectivity index (χ3n) is 5.42. The fourth-order valence-corrected chi connectivity index (χ4v) is 3.72. The zero-order valence-corrected chi connectivity index (χ0v) is 18.7. The van der Waals surface area contributed by atoms with Gasteiger partial charge in [-0.3, -0.25) is 4.79 Å². The number of rotatable bonds is 8. The van der Waals surface area contributed by atoms with Gasteiger partial charge in [0, 0.05) is 31.3 Å². The fraction of sp³-hybridized carbons (Fsp3) is 0.458. The van der Waals surface area contributed by atoms with E-state index in [9.17, 15) is 9.90 Å². The van der Waals surface area contributed by atoms with Gasteiger partial charge in [-0.25, -0.2) is 0 Å². The molecule has 0 aromatic heterocycles. The molecule has 2 aromatic carbocycles. The average Bonchev–Trinajstić information content (AvgIpc) is 2.78. The number of nitrogens with zero attached hydrogens (tertiary/aromatic N) is 1. The lowest BCUT2D eigenvalue weighted by Crippen LogP contribution is -2.51. The minimum atomic E-state index is -0.789. The average molecular weight is 429 g/mol. The van der Waals surface area contributed by atoms with Gasteiger partial charge in [0.05, 0.1) is 26.3 Å². The molecule has 3 rings (SSSR count). The van der Waals surface area contributed by atoms with Crippen LogP contribution < -0.4 is 19.5 Å². The van der Waals surface area contributed by atoms with Crippen molar-refractivity contribution in [1.82, 2.24) is 4.90 Å². The molecular formula is C24H32N2O5. The summed E-state index contributed by atoms with van der Waals surface area (Å²) in [6, 6.07) is 11.1. The number of carbonyl (C=O) groups is 1. The summed E-state index contributed by atoms with van der Waals surface area (Å²) in [5.41, 5.74) is 2.49.